The largest absolute Gasteiger partial charge is 0.550 e. The van der Waals surface area contributed by atoms with Gasteiger partial charge in [0.25, 0.3) is 0 Å². The summed E-state index contributed by atoms with van der Waals surface area (Å²) in [7, 11) is 0. The van der Waals surface area contributed by atoms with Crippen LogP contribution in [0.3, 0.4) is 0 Å². The molecule has 0 bridgehead atoms. The van der Waals surface area contributed by atoms with E-state index in [2.05, 4.69) is 11.5 Å². The van der Waals surface area contributed by atoms with E-state index in [0.717, 1.165) is 30.6 Å². The molecule has 0 aliphatic carbocycles. The summed E-state index contributed by atoms with van der Waals surface area (Å²) in [4.78, 5) is 10.5. The zero-order valence-corrected chi connectivity index (χ0v) is 9.32. The first-order chi connectivity index (χ1) is 7.15. The fourth-order valence-electron chi connectivity index (χ4n) is 1.59. The lowest BCUT2D eigenvalue weighted by Gasteiger charge is -2.06. The Morgan fingerprint density at radius 2 is 2.27 bits per heavy atom. The molecule has 3 nitrogen and oxygen atoms in total. The van der Waals surface area contributed by atoms with Gasteiger partial charge in [-0.25, -0.2) is 4.57 Å². The highest BCUT2D eigenvalue weighted by Crippen LogP contribution is 2.03. The predicted octanol–water partition coefficient (Wildman–Crippen LogP) is 0.375. The van der Waals surface area contributed by atoms with Crippen molar-refractivity contribution >= 4 is 5.97 Å². The van der Waals surface area contributed by atoms with E-state index in [-0.39, 0.29) is 6.42 Å². The average molecular weight is 207 g/mol. The van der Waals surface area contributed by atoms with E-state index in [4.69, 9.17) is 0 Å². The second-order valence-electron chi connectivity index (χ2n) is 3.71. The summed E-state index contributed by atoms with van der Waals surface area (Å²) in [6.07, 6.45) is 4.24. The number of rotatable bonds is 5. The van der Waals surface area contributed by atoms with Crippen LogP contribution in [0.2, 0.25) is 0 Å². The molecule has 3 heteroatoms. The number of aliphatic carboxylic acids is 1. The Balaban J connectivity index is 2.85. The molecule has 0 radical (unpaired) electrons. The second kappa shape index (κ2) is 5.49. The lowest BCUT2D eigenvalue weighted by atomic mass is 10.1. The third-order valence-corrected chi connectivity index (χ3v) is 2.55. The lowest BCUT2D eigenvalue weighted by molar-refractivity contribution is -0.703. The number of unbranched alkanes of at least 4 members (excludes halogenated alkanes) is 1. The smallest absolute Gasteiger partial charge is 0.181 e. The third kappa shape index (κ3) is 3.35. The van der Waals surface area contributed by atoms with Crippen LogP contribution in [-0.4, -0.2) is 5.97 Å². The molecular formula is C12H17NO2. The Bertz CT molecular complexity index is 347. The fourth-order valence-corrected chi connectivity index (χ4v) is 1.59. The van der Waals surface area contributed by atoms with E-state index < -0.39 is 5.97 Å². The van der Waals surface area contributed by atoms with Crippen LogP contribution in [0, 0.1) is 6.92 Å². The molecule has 0 aliphatic rings. The minimum atomic E-state index is -1.02. The van der Waals surface area contributed by atoms with Crippen LogP contribution in [0.25, 0.3) is 0 Å². The average Bonchev–Trinajstić information content (AvgIpc) is 2.19. The Hall–Kier alpha value is -1.38. The van der Waals surface area contributed by atoms with Gasteiger partial charge in [0.1, 0.15) is 6.54 Å². The molecule has 1 rings (SSSR count). The van der Waals surface area contributed by atoms with Crippen molar-refractivity contribution < 1.29 is 14.5 Å². The first-order valence-corrected chi connectivity index (χ1v) is 5.33. The van der Waals surface area contributed by atoms with E-state index in [1.807, 2.05) is 25.3 Å². The van der Waals surface area contributed by atoms with Crippen molar-refractivity contribution in [2.24, 2.45) is 0 Å². The Morgan fingerprint density at radius 3 is 2.87 bits per heavy atom. The van der Waals surface area contributed by atoms with E-state index in [1.165, 1.54) is 0 Å². The summed E-state index contributed by atoms with van der Waals surface area (Å²) in [6, 6.07) is 3.73. The highest BCUT2D eigenvalue weighted by Gasteiger charge is 2.10. The molecule has 15 heavy (non-hydrogen) atoms. The van der Waals surface area contributed by atoms with E-state index in [0.29, 0.717) is 0 Å². The maximum Gasteiger partial charge on any atom is 0.181 e. The van der Waals surface area contributed by atoms with Crippen molar-refractivity contribution in [3.05, 3.63) is 29.6 Å². The first kappa shape index (κ1) is 11.7. The van der Waals surface area contributed by atoms with Gasteiger partial charge in [0.15, 0.2) is 11.9 Å². The standard InChI is InChI=1S/C12H17NO2/c1-3-4-7-13-8-5-6-11(10(13)2)9-12(14)15/h5-6,8H,3-4,7,9H2,1-2H3. The van der Waals surface area contributed by atoms with Gasteiger partial charge in [-0.3, -0.25) is 0 Å². The number of nitrogens with zero attached hydrogens (tertiary/aromatic N) is 1. The minimum Gasteiger partial charge on any atom is -0.550 e. The number of carbonyl (C=O) groups excluding carboxylic acids is 1. The normalized spacial score (nSPS) is 10.3. The van der Waals surface area contributed by atoms with Gasteiger partial charge in [0, 0.05) is 37.4 Å². The zero-order valence-electron chi connectivity index (χ0n) is 9.32. The van der Waals surface area contributed by atoms with Gasteiger partial charge in [-0.2, -0.15) is 0 Å². The molecule has 0 aliphatic heterocycles. The second-order valence-corrected chi connectivity index (χ2v) is 3.71. The number of hydrogen-bond acceptors (Lipinski definition) is 2. The van der Waals surface area contributed by atoms with E-state index >= 15 is 0 Å². The number of hydrogen-bond donors (Lipinski definition) is 0. The van der Waals surface area contributed by atoms with Crippen LogP contribution in [0.4, 0.5) is 0 Å². The molecule has 0 fully saturated rings. The third-order valence-electron chi connectivity index (χ3n) is 2.55. The van der Waals surface area contributed by atoms with Gasteiger partial charge < -0.3 is 9.90 Å². The molecule has 1 aromatic heterocycles. The molecule has 0 saturated heterocycles. The van der Waals surface area contributed by atoms with Crippen molar-refractivity contribution in [2.45, 2.75) is 39.7 Å². The summed E-state index contributed by atoms with van der Waals surface area (Å²) in [5.41, 5.74) is 1.86. The summed E-state index contributed by atoms with van der Waals surface area (Å²) in [6.45, 7) is 5.04. The van der Waals surface area contributed by atoms with Gasteiger partial charge in [0.05, 0.1) is 0 Å². The minimum absolute atomic E-state index is 0.00119. The maximum atomic E-state index is 10.5. The van der Waals surface area contributed by atoms with E-state index in [1.54, 1.807) is 0 Å². The van der Waals surface area contributed by atoms with Gasteiger partial charge in [-0.1, -0.05) is 13.3 Å². The number of carbonyl (C=O) groups is 1. The van der Waals surface area contributed by atoms with Crippen LogP contribution < -0.4 is 9.67 Å². The summed E-state index contributed by atoms with van der Waals surface area (Å²) >= 11 is 0. The Morgan fingerprint density at radius 1 is 1.53 bits per heavy atom. The SMILES string of the molecule is CCCC[n+]1cccc(CC(=O)[O-])c1C. The summed E-state index contributed by atoms with van der Waals surface area (Å²) in [5.74, 6) is -1.02. The molecule has 0 spiro atoms. The Kier molecular flexibility index (Phi) is 4.28. The zero-order chi connectivity index (χ0) is 11.3. The predicted molar refractivity (Wildman–Crippen MR) is 55.0 cm³/mol. The van der Waals surface area contributed by atoms with Gasteiger partial charge in [-0.15, -0.1) is 0 Å². The molecule has 0 amide bonds. The molecule has 82 valence electrons. The quantitative estimate of drug-likeness (QED) is 0.655. The summed E-state index contributed by atoms with van der Waals surface area (Å²) in [5, 5.41) is 10.5. The number of carboxylic acid groups (broad SMARTS) is 1. The maximum absolute atomic E-state index is 10.5. The van der Waals surface area contributed by atoms with Crippen molar-refractivity contribution in [3.8, 4) is 0 Å². The molecule has 0 unspecified atom stereocenters. The van der Waals surface area contributed by atoms with Crippen molar-refractivity contribution in [2.75, 3.05) is 0 Å². The number of carboxylic acids is 1. The van der Waals surface area contributed by atoms with Gasteiger partial charge >= 0.3 is 0 Å². The lowest BCUT2D eigenvalue weighted by Crippen LogP contribution is -2.38. The monoisotopic (exact) mass is 207 g/mol. The summed E-state index contributed by atoms with van der Waals surface area (Å²) < 4.78 is 2.10. The Labute approximate surface area is 90.4 Å². The highest BCUT2D eigenvalue weighted by atomic mass is 16.4. The molecule has 0 N–H and O–H groups in total. The van der Waals surface area contributed by atoms with Gasteiger partial charge in [-0.05, 0) is 6.07 Å². The number of pyridine rings is 1. The molecule has 1 aromatic rings. The molecule has 1 heterocycles. The number of aromatic nitrogens is 1. The number of aryl methyl sites for hydroxylation is 1. The van der Waals surface area contributed by atoms with E-state index in [9.17, 15) is 9.90 Å². The molecule has 0 saturated carbocycles. The van der Waals surface area contributed by atoms with Crippen LogP contribution >= 0.6 is 0 Å². The fraction of sp³-hybridized carbons (Fsp3) is 0.500. The van der Waals surface area contributed by atoms with Crippen molar-refractivity contribution in [1.29, 1.82) is 0 Å². The molecule has 0 aromatic carbocycles. The topological polar surface area (TPSA) is 44.0 Å². The molecular weight excluding hydrogens is 190 g/mol. The van der Waals surface area contributed by atoms with Crippen LogP contribution in [-0.2, 0) is 17.8 Å². The van der Waals surface area contributed by atoms with Crippen molar-refractivity contribution in [3.63, 3.8) is 0 Å². The highest BCUT2D eigenvalue weighted by molar-refractivity contribution is 5.68. The molecule has 0 atom stereocenters. The van der Waals surface area contributed by atoms with Crippen molar-refractivity contribution in [1.82, 2.24) is 0 Å². The van der Waals surface area contributed by atoms with Crippen LogP contribution in [0.1, 0.15) is 31.0 Å². The van der Waals surface area contributed by atoms with Crippen LogP contribution in [0.15, 0.2) is 18.3 Å². The first-order valence-electron chi connectivity index (χ1n) is 5.33. The van der Waals surface area contributed by atoms with Gasteiger partial charge in [0.2, 0.25) is 0 Å². The van der Waals surface area contributed by atoms with Crippen LogP contribution in [0.5, 0.6) is 0 Å².